The summed E-state index contributed by atoms with van der Waals surface area (Å²) >= 11 is 11.9. The summed E-state index contributed by atoms with van der Waals surface area (Å²) in [4.78, 5) is 8.76. The molecular weight excluding hydrogens is 297 g/mol. The maximum absolute atomic E-state index is 8.69. The summed E-state index contributed by atoms with van der Waals surface area (Å²) in [5.74, 6) is 0.734. The standard InChI is InChI=1S/C14H17Cl2N3O/c15-10-7-12-13(8-11(10)16)19-14(9-18-12)17-5-3-1-2-4-6-20/h7-9,20H,1-6H2,(H,17,19). The number of fused-ring (bicyclic) bond motifs is 1. The molecule has 1 aromatic carbocycles. The Morgan fingerprint density at radius 3 is 2.45 bits per heavy atom. The third kappa shape index (κ3) is 4.20. The highest BCUT2D eigenvalue weighted by Gasteiger charge is 2.04. The van der Waals surface area contributed by atoms with Gasteiger partial charge in [-0.15, -0.1) is 0 Å². The van der Waals surface area contributed by atoms with Crippen molar-refractivity contribution in [2.45, 2.75) is 25.7 Å². The van der Waals surface area contributed by atoms with Gasteiger partial charge in [-0.2, -0.15) is 0 Å². The van der Waals surface area contributed by atoms with Crippen LogP contribution in [0, 0.1) is 0 Å². The Morgan fingerprint density at radius 2 is 1.70 bits per heavy atom. The molecule has 0 aliphatic rings. The largest absolute Gasteiger partial charge is 0.396 e. The van der Waals surface area contributed by atoms with E-state index in [1.165, 1.54) is 0 Å². The van der Waals surface area contributed by atoms with Crippen LogP contribution in [0.4, 0.5) is 5.82 Å². The average Bonchev–Trinajstić information content (AvgIpc) is 2.44. The molecule has 0 radical (unpaired) electrons. The molecule has 6 heteroatoms. The Bertz CT molecular complexity index is 578. The van der Waals surface area contributed by atoms with Crippen LogP contribution in [0.1, 0.15) is 25.7 Å². The first-order valence-corrected chi connectivity index (χ1v) is 7.43. The van der Waals surface area contributed by atoms with E-state index in [0.29, 0.717) is 10.0 Å². The Hall–Kier alpha value is -1.10. The van der Waals surface area contributed by atoms with Crippen LogP contribution in [0.15, 0.2) is 18.3 Å². The number of anilines is 1. The summed E-state index contributed by atoms with van der Waals surface area (Å²) < 4.78 is 0. The molecule has 0 amide bonds. The molecule has 0 saturated heterocycles. The molecule has 1 aromatic heterocycles. The highest BCUT2D eigenvalue weighted by atomic mass is 35.5. The van der Waals surface area contributed by atoms with E-state index in [9.17, 15) is 0 Å². The van der Waals surface area contributed by atoms with Gasteiger partial charge >= 0.3 is 0 Å². The number of aromatic nitrogens is 2. The van der Waals surface area contributed by atoms with Crippen LogP contribution in [0.2, 0.25) is 10.0 Å². The van der Waals surface area contributed by atoms with Crippen LogP contribution < -0.4 is 5.32 Å². The average molecular weight is 314 g/mol. The first-order valence-electron chi connectivity index (χ1n) is 6.67. The number of benzene rings is 1. The minimum absolute atomic E-state index is 0.271. The van der Waals surface area contributed by atoms with E-state index in [4.69, 9.17) is 28.3 Å². The minimum atomic E-state index is 0.271. The normalized spacial score (nSPS) is 10.9. The van der Waals surface area contributed by atoms with Crippen LogP contribution in [0.5, 0.6) is 0 Å². The Labute approximate surface area is 128 Å². The van der Waals surface area contributed by atoms with Crippen molar-refractivity contribution in [2.24, 2.45) is 0 Å². The van der Waals surface area contributed by atoms with E-state index in [1.54, 1.807) is 18.3 Å². The fourth-order valence-corrected chi connectivity index (χ4v) is 2.22. The summed E-state index contributed by atoms with van der Waals surface area (Å²) in [6, 6.07) is 3.43. The summed E-state index contributed by atoms with van der Waals surface area (Å²) in [6.45, 7) is 1.11. The molecule has 0 aliphatic heterocycles. The lowest BCUT2D eigenvalue weighted by Crippen LogP contribution is -2.04. The topological polar surface area (TPSA) is 58.0 Å². The SMILES string of the molecule is OCCCCCCNc1cnc2cc(Cl)c(Cl)cc2n1. The zero-order valence-corrected chi connectivity index (χ0v) is 12.6. The van der Waals surface area contributed by atoms with Crippen LogP contribution in [-0.4, -0.2) is 28.2 Å². The van der Waals surface area contributed by atoms with Crippen LogP contribution in [-0.2, 0) is 0 Å². The number of hydrogen-bond donors (Lipinski definition) is 2. The van der Waals surface area contributed by atoms with E-state index in [0.717, 1.165) is 49.1 Å². The molecule has 1 heterocycles. The molecule has 20 heavy (non-hydrogen) atoms. The molecule has 0 spiro atoms. The quantitative estimate of drug-likeness (QED) is 0.761. The zero-order chi connectivity index (χ0) is 14.4. The Balaban J connectivity index is 1.93. The lowest BCUT2D eigenvalue weighted by molar-refractivity contribution is 0.283. The third-order valence-corrected chi connectivity index (χ3v) is 3.70. The van der Waals surface area contributed by atoms with Gasteiger partial charge in [-0.1, -0.05) is 36.0 Å². The van der Waals surface area contributed by atoms with Crippen molar-refractivity contribution >= 4 is 40.1 Å². The van der Waals surface area contributed by atoms with Gasteiger partial charge < -0.3 is 10.4 Å². The van der Waals surface area contributed by atoms with Gasteiger partial charge in [0.05, 0.1) is 27.3 Å². The van der Waals surface area contributed by atoms with E-state index < -0.39 is 0 Å². The molecule has 0 unspecified atom stereocenters. The molecule has 4 nitrogen and oxygen atoms in total. The summed E-state index contributed by atoms with van der Waals surface area (Å²) in [5, 5.41) is 12.9. The van der Waals surface area contributed by atoms with Gasteiger partial charge in [-0.3, -0.25) is 4.98 Å². The number of aliphatic hydroxyl groups excluding tert-OH is 1. The molecule has 0 saturated carbocycles. The fourth-order valence-electron chi connectivity index (χ4n) is 1.90. The van der Waals surface area contributed by atoms with Crippen LogP contribution in [0.3, 0.4) is 0 Å². The number of unbranched alkanes of at least 4 members (excludes halogenated alkanes) is 3. The molecule has 2 rings (SSSR count). The van der Waals surface area contributed by atoms with Gasteiger partial charge in [0.25, 0.3) is 0 Å². The second-order valence-corrected chi connectivity index (χ2v) is 5.39. The van der Waals surface area contributed by atoms with Crippen molar-refractivity contribution < 1.29 is 5.11 Å². The minimum Gasteiger partial charge on any atom is -0.396 e. The Morgan fingerprint density at radius 1 is 1.00 bits per heavy atom. The molecule has 0 bridgehead atoms. The van der Waals surface area contributed by atoms with Crippen LogP contribution in [0.25, 0.3) is 11.0 Å². The molecule has 0 aliphatic carbocycles. The summed E-state index contributed by atoms with van der Waals surface area (Å²) in [5.41, 5.74) is 1.46. The second-order valence-electron chi connectivity index (χ2n) is 4.57. The lowest BCUT2D eigenvalue weighted by atomic mass is 10.2. The predicted molar refractivity (Wildman–Crippen MR) is 83.6 cm³/mol. The first kappa shape index (κ1) is 15.3. The zero-order valence-electron chi connectivity index (χ0n) is 11.1. The number of aliphatic hydroxyl groups is 1. The molecule has 0 atom stereocenters. The van der Waals surface area contributed by atoms with Crippen molar-refractivity contribution in [1.29, 1.82) is 0 Å². The first-order chi connectivity index (χ1) is 9.70. The maximum atomic E-state index is 8.69. The highest BCUT2D eigenvalue weighted by Crippen LogP contribution is 2.26. The smallest absolute Gasteiger partial charge is 0.145 e. The number of hydrogen-bond acceptors (Lipinski definition) is 4. The predicted octanol–water partition coefficient (Wildman–Crippen LogP) is 3.90. The van der Waals surface area contributed by atoms with Gasteiger partial charge in [-0.05, 0) is 25.0 Å². The van der Waals surface area contributed by atoms with Crippen LogP contribution >= 0.6 is 23.2 Å². The van der Waals surface area contributed by atoms with E-state index in [-0.39, 0.29) is 6.61 Å². The van der Waals surface area contributed by atoms with E-state index in [2.05, 4.69) is 15.3 Å². The van der Waals surface area contributed by atoms with Crippen molar-refractivity contribution in [3.8, 4) is 0 Å². The number of nitrogens with one attached hydrogen (secondary N) is 1. The monoisotopic (exact) mass is 313 g/mol. The molecule has 2 N–H and O–H groups in total. The molecule has 0 fully saturated rings. The van der Waals surface area contributed by atoms with Gasteiger partial charge in [0.15, 0.2) is 0 Å². The second kappa shape index (κ2) is 7.62. The maximum Gasteiger partial charge on any atom is 0.145 e. The van der Waals surface area contributed by atoms with E-state index >= 15 is 0 Å². The molecular formula is C14H17Cl2N3O. The summed E-state index contributed by atoms with van der Waals surface area (Å²) in [7, 11) is 0. The highest BCUT2D eigenvalue weighted by molar-refractivity contribution is 6.42. The molecule has 2 aromatic rings. The fraction of sp³-hybridized carbons (Fsp3) is 0.429. The van der Waals surface area contributed by atoms with Crippen molar-refractivity contribution in [3.63, 3.8) is 0 Å². The Kier molecular flexibility index (Phi) is 5.83. The molecule has 108 valence electrons. The van der Waals surface area contributed by atoms with Gasteiger partial charge in [0.2, 0.25) is 0 Å². The third-order valence-electron chi connectivity index (χ3n) is 2.98. The van der Waals surface area contributed by atoms with Gasteiger partial charge in [0.1, 0.15) is 5.82 Å². The number of nitrogens with zero attached hydrogens (tertiary/aromatic N) is 2. The summed E-state index contributed by atoms with van der Waals surface area (Å²) in [6.07, 6.45) is 5.75. The lowest BCUT2D eigenvalue weighted by Gasteiger charge is -2.06. The van der Waals surface area contributed by atoms with E-state index in [1.807, 2.05) is 0 Å². The van der Waals surface area contributed by atoms with Crippen molar-refractivity contribution in [1.82, 2.24) is 9.97 Å². The van der Waals surface area contributed by atoms with Crippen molar-refractivity contribution in [2.75, 3.05) is 18.5 Å². The number of rotatable bonds is 7. The van der Waals surface area contributed by atoms with Gasteiger partial charge in [0, 0.05) is 13.2 Å². The number of halogens is 2. The van der Waals surface area contributed by atoms with Gasteiger partial charge in [-0.25, -0.2) is 4.98 Å². The van der Waals surface area contributed by atoms with Crippen molar-refractivity contribution in [3.05, 3.63) is 28.4 Å².